The summed E-state index contributed by atoms with van der Waals surface area (Å²) in [6, 6.07) is 6.23. The van der Waals surface area contributed by atoms with Gasteiger partial charge >= 0.3 is 0 Å². The van der Waals surface area contributed by atoms with E-state index in [1.807, 2.05) is 6.07 Å². The van der Waals surface area contributed by atoms with Gasteiger partial charge in [-0.25, -0.2) is 0 Å². The van der Waals surface area contributed by atoms with Crippen LogP contribution in [-0.2, 0) is 6.42 Å². The number of ether oxygens (including phenoxy) is 1. The predicted octanol–water partition coefficient (Wildman–Crippen LogP) is 3.77. The Morgan fingerprint density at radius 1 is 1.00 bits per heavy atom. The average Bonchev–Trinajstić information content (AvgIpc) is 2.40. The Bertz CT molecular complexity index is 408. The van der Waals surface area contributed by atoms with E-state index in [0.29, 0.717) is 6.10 Å². The smallest absolute Gasteiger partial charge is 0.120 e. The normalized spacial score (nSPS) is 24.6. The molecule has 2 nitrogen and oxygen atoms in total. The van der Waals surface area contributed by atoms with Gasteiger partial charge in [0.2, 0.25) is 0 Å². The van der Waals surface area contributed by atoms with Gasteiger partial charge in [0.25, 0.3) is 0 Å². The lowest BCUT2D eigenvalue weighted by atomic mass is 9.89. The second kappa shape index (κ2) is 5.31. The van der Waals surface area contributed by atoms with Crippen molar-refractivity contribution >= 4 is 0 Å². The van der Waals surface area contributed by atoms with E-state index in [1.54, 1.807) is 0 Å². The van der Waals surface area contributed by atoms with E-state index < -0.39 is 0 Å². The summed E-state index contributed by atoms with van der Waals surface area (Å²) in [5.41, 5.74) is 2.39. The molecule has 18 heavy (non-hydrogen) atoms. The summed E-state index contributed by atoms with van der Waals surface area (Å²) in [4.78, 5) is 0. The van der Waals surface area contributed by atoms with Crippen molar-refractivity contribution in [1.82, 2.24) is 0 Å². The van der Waals surface area contributed by atoms with Crippen LogP contribution in [0.2, 0.25) is 0 Å². The summed E-state index contributed by atoms with van der Waals surface area (Å²) in [6.45, 7) is 0. The minimum Gasteiger partial charge on any atom is -0.490 e. The molecule has 3 rings (SSSR count). The van der Waals surface area contributed by atoms with Gasteiger partial charge < -0.3 is 9.84 Å². The fourth-order valence-electron chi connectivity index (χ4n) is 3.21. The number of hydrogen-bond donors (Lipinski definition) is 1. The van der Waals surface area contributed by atoms with Crippen LogP contribution in [0.4, 0.5) is 0 Å². The minimum atomic E-state index is -0.266. The number of rotatable bonds is 2. The maximum absolute atomic E-state index is 9.93. The van der Waals surface area contributed by atoms with E-state index in [-0.39, 0.29) is 6.10 Å². The molecule has 2 aliphatic carbocycles. The Labute approximate surface area is 109 Å². The maximum atomic E-state index is 9.93. The molecule has 0 saturated heterocycles. The van der Waals surface area contributed by atoms with Gasteiger partial charge in [0.15, 0.2) is 0 Å². The number of fused-ring (bicyclic) bond motifs is 1. The molecule has 0 spiro atoms. The standard InChI is InChI=1S/C16H22O2/c17-16-8-4-5-12-11-14(9-10-15(12)16)18-13-6-2-1-3-7-13/h9-11,13,16-17H,1-8H2. The molecule has 2 heteroatoms. The first kappa shape index (κ1) is 12.0. The molecule has 98 valence electrons. The third kappa shape index (κ3) is 2.54. The SMILES string of the molecule is OC1CCCc2cc(OC3CCCCC3)ccc21. The van der Waals surface area contributed by atoms with Gasteiger partial charge in [0, 0.05) is 0 Å². The van der Waals surface area contributed by atoms with E-state index in [0.717, 1.165) is 30.6 Å². The zero-order chi connectivity index (χ0) is 12.4. The van der Waals surface area contributed by atoms with Crippen LogP contribution in [0.1, 0.15) is 62.2 Å². The summed E-state index contributed by atoms with van der Waals surface area (Å²) in [6.07, 6.45) is 9.55. The summed E-state index contributed by atoms with van der Waals surface area (Å²) < 4.78 is 6.07. The van der Waals surface area contributed by atoms with E-state index in [9.17, 15) is 5.11 Å². The molecule has 1 unspecified atom stereocenters. The van der Waals surface area contributed by atoms with Gasteiger partial charge in [0.05, 0.1) is 12.2 Å². The predicted molar refractivity (Wildman–Crippen MR) is 71.8 cm³/mol. The number of hydrogen-bond acceptors (Lipinski definition) is 2. The number of aliphatic hydroxyl groups excluding tert-OH is 1. The first-order valence-electron chi connectivity index (χ1n) is 7.30. The van der Waals surface area contributed by atoms with Gasteiger partial charge in [-0.15, -0.1) is 0 Å². The van der Waals surface area contributed by atoms with Crippen LogP contribution >= 0.6 is 0 Å². The van der Waals surface area contributed by atoms with E-state index in [2.05, 4.69) is 12.1 Å². The van der Waals surface area contributed by atoms with Crippen molar-refractivity contribution in [3.63, 3.8) is 0 Å². The van der Waals surface area contributed by atoms with Gasteiger partial charge in [-0.1, -0.05) is 12.5 Å². The van der Waals surface area contributed by atoms with E-state index >= 15 is 0 Å². The van der Waals surface area contributed by atoms with Crippen molar-refractivity contribution in [3.8, 4) is 5.75 Å². The molecule has 0 amide bonds. The molecule has 1 atom stereocenters. The number of aryl methyl sites for hydroxylation is 1. The van der Waals surface area contributed by atoms with E-state index in [4.69, 9.17) is 4.74 Å². The fourth-order valence-corrected chi connectivity index (χ4v) is 3.21. The van der Waals surface area contributed by atoms with Crippen LogP contribution in [0.5, 0.6) is 5.75 Å². The monoisotopic (exact) mass is 246 g/mol. The summed E-state index contributed by atoms with van der Waals surface area (Å²) in [5.74, 6) is 0.995. The molecule has 1 fully saturated rings. The van der Waals surface area contributed by atoms with Crippen molar-refractivity contribution in [2.75, 3.05) is 0 Å². The molecule has 0 aliphatic heterocycles. The minimum absolute atomic E-state index is 0.266. The third-order valence-corrected chi connectivity index (χ3v) is 4.25. The Morgan fingerprint density at radius 2 is 1.83 bits per heavy atom. The quantitative estimate of drug-likeness (QED) is 0.860. The summed E-state index contributed by atoms with van der Waals surface area (Å²) in [7, 11) is 0. The van der Waals surface area contributed by atoms with Crippen molar-refractivity contribution in [3.05, 3.63) is 29.3 Å². The molecule has 0 aromatic heterocycles. The first-order chi connectivity index (χ1) is 8.83. The Hall–Kier alpha value is -1.02. The van der Waals surface area contributed by atoms with Crippen LogP contribution in [0, 0.1) is 0 Å². The second-order valence-electron chi connectivity index (χ2n) is 5.65. The zero-order valence-electron chi connectivity index (χ0n) is 10.9. The molecule has 1 aromatic carbocycles. The second-order valence-corrected chi connectivity index (χ2v) is 5.65. The molecule has 2 aliphatic rings. The molecule has 0 bridgehead atoms. The highest BCUT2D eigenvalue weighted by molar-refractivity contribution is 5.38. The third-order valence-electron chi connectivity index (χ3n) is 4.25. The number of aliphatic hydroxyl groups is 1. The molecule has 1 saturated carbocycles. The van der Waals surface area contributed by atoms with Crippen LogP contribution in [0.3, 0.4) is 0 Å². The van der Waals surface area contributed by atoms with Crippen molar-refractivity contribution < 1.29 is 9.84 Å². The maximum Gasteiger partial charge on any atom is 0.120 e. The van der Waals surface area contributed by atoms with Crippen molar-refractivity contribution in [2.45, 2.75) is 63.6 Å². The van der Waals surface area contributed by atoms with Crippen LogP contribution in [0.15, 0.2) is 18.2 Å². The van der Waals surface area contributed by atoms with Crippen LogP contribution in [0.25, 0.3) is 0 Å². The van der Waals surface area contributed by atoms with Crippen LogP contribution in [-0.4, -0.2) is 11.2 Å². The topological polar surface area (TPSA) is 29.5 Å². The lowest BCUT2D eigenvalue weighted by molar-refractivity contribution is 0.150. The van der Waals surface area contributed by atoms with Crippen molar-refractivity contribution in [1.29, 1.82) is 0 Å². The molecular formula is C16H22O2. The lowest BCUT2D eigenvalue weighted by Gasteiger charge is -2.25. The van der Waals surface area contributed by atoms with Gasteiger partial charge in [-0.05, 0) is 68.2 Å². The Balaban J connectivity index is 1.73. The Kier molecular flexibility index (Phi) is 3.55. The van der Waals surface area contributed by atoms with Gasteiger partial charge in [-0.3, -0.25) is 0 Å². The molecule has 0 radical (unpaired) electrons. The van der Waals surface area contributed by atoms with Gasteiger partial charge in [0.1, 0.15) is 5.75 Å². The van der Waals surface area contributed by atoms with Crippen molar-refractivity contribution in [2.24, 2.45) is 0 Å². The summed E-state index contributed by atoms with van der Waals surface area (Å²) in [5, 5.41) is 9.93. The average molecular weight is 246 g/mol. The highest BCUT2D eigenvalue weighted by atomic mass is 16.5. The summed E-state index contributed by atoms with van der Waals surface area (Å²) >= 11 is 0. The van der Waals surface area contributed by atoms with E-state index in [1.165, 1.54) is 37.7 Å². The number of benzene rings is 1. The zero-order valence-corrected chi connectivity index (χ0v) is 10.9. The highest BCUT2D eigenvalue weighted by Gasteiger charge is 2.19. The van der Waals surface area contributed by atoms with Crippen LogP contribution < -0.4 is 4.74 Å². The fraction of sp³-hybridized carbons (Fsp3) is 0.625. The Morgan fingerprint density at radius 3 is 2.67 bits per heavy atom. The molecule has 0 heterocycles. The molecule has 1 N–H and O–H groups in total. The molecule has 1 aromatic rings. The molecular weight excluding hydrogens is 224 g/mol. The lowest BCUT2D eigenvalue weighted by Crippen LogP contribution is -2.20. The largest absolute Gasteiger partial charge is 0.490 e. The first-order valence-corrected chi connectivity index (χ1v) is 7.30. The van der Waals surface area contributed by atoms with Gasteiger partial charge in [-0.2, -0.15) is 0 Å². The highest BCUT2D eigenvalue weighted by Crippen LogP contribution is 2.33.